The summed E-state index contributed by atoms with van der Waals surface area (Å²) in [6.45, 7) is 0. The van der Waals surface area contributed by atoms with Crippen molar-refractivity contribution in [3.05, 3.63) is 205 Å². The summed E-state index contributed by atoms with van der Waals surface area (Å²) in [5, 5.41) is 7.74. The van der Waals surface area contributed by atoms with Crippen LogP contribution in [0.25, 0.3) is 109 Å². The zero-order chi connectivity index (χ0) is 37.9. The van der Waals surface area contributed by atoms with Crippen molar-refractivity contribution < 1.29 is 0 Å². The summed E-state index contributed by atoms with van der Waals surface area (Å²) < 4.78 is 7.53. The van der Waals surface area contributed by atoms with Gasteiger partial charge < -0.3 is 9.13 Å². The molecule has 270 valence electrons. The summed E-state index contributed by atoms with van der Waals surface area (Å²) >= 11 is 1.92. The fourth-order valence-electron chi connectivity index (χ4n) is 10.1. The van der Waals surface area contributed by atoms with E-state index >= 15 is 0 Å². The molecule has 0 saturated carbocycles. The van der Waals surface area contributed by atoms with Gasteiger partial charge in [0, 0.05) is 48.3 Å². The Hall–Kier alpha value is -7.20. The molecule has 0 saturated heterocycles. The molecule has 0 aliphatic heterocycles. The number of thiophene rings is 1. The number of aromatic nitrogens is 2. The number of rotatable bonds is 4. The van der Waals surface area contributed by atoms with Crippen LogP contribution in [0.1, 0.15) is 11.1 Å². The third-order valence-corrected chi connectivity index (χ3v) is 13.9. The van der Waals surface area contributed by atoms with E-state index in [1.165, 1.54) is 120 Å². The normalized spacial score (nSPS) is 12.4. The minimum absolute atomic E-state index is 0.915. The van der Waals surface area contributed by atoms with Crippen LogP contribution in [0.4, 0.5) is 0 Å². The Morgan fingerprint density at radius 2 is 0.776 bits per heavy atom. The van der Waals surface area contributed by atoms with Gasteiger partial charge in [0.15, 0.2) is 0 Å². The monoisotopic (exact) mass is 754 g/mol. The standard InChI is InChI=1S/C55H34N2S/c1-2-15-37(44-22-12-23-45-46-24-13-29-53(55(46)58-54(44)45)57-51-27-9-5-18-42(51)43-19-6-10-28-52(43)57)36(14-1)38-20-11-21-39-47-33-35(31-30-34(47)32-48(38)39)56-49-25-7-3-16-40(49)41-17-4-8-26-50(41)56/h1-31,33H,32H2. The highest BCUT2D eigenvalue weighted by atomic mass is 32.1. The van der Waals surface area contributed by atoms with Gasteiger partial charge in [0.25, 0.3) is 0 Å². The largest absolute Gasteiger partial charge is 0.309 e. The lowest BCUT2D eigenvalue weighted by atomic mass is 9.89. The molecule has 0 unspecified atom stereocenters. The average Bonchev–Trinajstić information content (AvgIpc) is 4.04. The number of fused-ring (bicyclic) bond motifs is 12. The third-order valence-electron chi connectivity index (χ3n) is 12.6. The molecule has 3 aromatic heterocycles. The summed E-state index contributed by atoms with van der Waals surface area (Å²) in [4.78, 5) is 0. The van der Waals surface area contributed by atoms with Gasteiger partial charge in [-0.2, -0.15) is 0 Å². The van der Waals surface area contributed by atoms with Crippen LogP contribution in [0.2, 0.25) is 0 Å². The van der Waals surface area contributed by atoms with Crippen molar-refractivity contribution in [2.45, 2.75) is 6.42 Å². The minimum Gasteiger partial charge on any atom is -0.309 e. The van der Waals surface area contributed by atoms with Crippen molar-refractivity contribution in [3.63, 3.8) is 0 Å². The van der Waals surface area contributed by atoms with Crippen molar-refractivity contribution in [1.82, 2.24) is 9.13 Å². The summed E-state index contributed by atoms with van der Waals surface area (Å²) in [6, 6.07) is 71.9. The molecule has 0 amide bonds. The van der Waals surface area contributed by atoms with Crippen LogP contribution in [-0.2, 0) is 6.42 Å². The number of nitrogens with zero attached hydrogens (tertiary/aromatic N) is 2. The topological polar surface area (TPSA) is 9.86 Å². The minimum atomic E-state index is 0.915. The molecule has 3 heterocycles. The van der Waals surface area contributed by atoms with Crippen LogP contribution in [0.3, 0.4) is 0 Å². The van der Waals surface area contributed by atoms with Gasteiger partial charge in [-0.1, -0.05) is 152 Å². The van der Waals surface area contributed by atoms with E-state index in [0.717, 1.165) is 6.42 Å². The van der Waals surface area contributed by atoms with Crippen LogP contribution < -0.4 is 0 Å². The maximum Gasteiger partial charge on any atom is 0.0640 e. The Kier molecular flexibility index (Phi) is 6.69. The predicted octanol–water partition coefficient (Wildman–Crippen LogP) is 15.2. The molecule has 9 aromatic carbocycles. The molecule has 3 heteroatoms. The first kappa shape index (κ1) is 31.9. The van der Waals surface area contributed by atoms with Gasteiger partial charge in [0.1, 0.15) is 0 Å². The molecule has 1 aliphatic carbocycles. The Bertz CT molecular complexity index is 3560. The molecule has 0 N–H and O–H groups in total. The molecule has 0 radical (unpaired) electrons. The lowest BCUT2D eigenvalue weighted by Crippen LogP contribution is -1.94. The van der Waals surface area contributed by atoms with Crippen LogP contribution in [-0.4, -0.2) is 9.13 Å². The van der Waals surface area contributed by atoms with E-state index in [2.05, 4.69) is 203 Å². The van der Waals surface area contributed by atoms with E-state index in [-0.39, 0.29) is 0 Å². The second-order valence-electron chi connectivity index (χ2n) is 15.6. The zero-order valence-electron chi connectivity index (χ0n) is 31.5. The quantitative estimate of drug-likeness (QED) is 0.169. The smallest absolute Gasteiger partial charge is 0.0640 e. The van der Waals surface area contributed by atoms with Crippen LogP contribution in [0.15, 0.2) is 194 Å². The summed E-state index contributed by atoms with van der Waals surface area (Å²) in [5.74, 6) is 0. The molecule has 0 spiro atoms. The second kappa shape index (κ2) is 12.1. The highest BCUT2D eigenvalue weighted by Crippen LogP contribution is 2.48. The van der Waals surface area contributed by atoms with Crippen molar-refractivity contribution >= 4 is 75.1 Å². The Labute approximate surface area is 339 Å². The maximum absolute atomic E-state index is 2.47. The molecule has 2 nitrogen and oxygen atoms in total. The Morgan fingerprint density at radius 1 is 0.328 bits per heavy atom. The Balaban J connectivity index is 0.972. The highest BCUT2D eigenvalue weighted by Gasteiger charge is 2.25. The molecule has 0 fully saturated rings. The lowest BCUT2D eigenvalue weighted by molar-refractivity contribution is 1.17. The molecular formula is C55H34N2S. The van der Waals surface area contributed by atoms with Crippen molar-refractivity contribution in [3.8, 4) is 44.8 Å². The highest BCUT2D eigenvalue weighted by molar-refractivity contribution is 7.26. The van der Waals surface area contributed by atoms with Crippen LogP contribution in [0, 0.1) is 0 Å². The van der Waals surface area contributed by atoms with Crippen LogP contribution in [0.5, 0.6) is 0 Å². The molecule has 1 aliphatic rings. The van der Waals surface area contributed by atoms with E-state index < -0.39 is 0 Å². The number of para-hydroxylation sites is 4. The second-order valence-corrected chi connectivity index (χ2v) is 16.6. The van der Waals surface area contributed by atoms with Crippen molar-refractivity contribution in [1.29, 1.82) is 0 Å². The summed E-state index contributed by atoms with van der Waals surface area (Å²) in [7, 11) is 0. The maximum atomic E-state index is 2.47. The van der Waals surface area contributed by atoms with Gasteiger partial charge in [-0.3, -0.25) is 0 Å². The van der Waals surface area contributed by atoms with E-state index in [9.17, 15) is 0 Å². The average molecular weight is 755 g/mol. The van der Waals surface area contributed by atoms with E-state index in [1.54, 1.807) is 0 Å². The zero-order valence-corrected chi connectivity index (χ0v) is 32.3. The Morgan fingerprint density at radius 3 is 1.41 bits per heavy atom. The number of benzene rings is 9. The van der Waals surface area contributed by atoms with Gasteiger partial charge in [0.05, 0.1) is 32.5 Å². The SMILES string of the molecule is c1ccc(-c2cccc3c2sc2c(-n4c5ccccc5c5ccccc54)cccc23)c(-c2cccc3c2Cc2ccc(-n4c5ccccc5c5ccccc54)cc2-3)c1. The van der Waals surface area contributed by atoms with E-state index in [4.69, 9.17) is 0 Å². The first-order valence-corrected chi connectivity index (χ1v) is 20.9. The summed E-state index contributed by atoms with van der Waals surface area (Å²) in [5.41, 5.74) is 18.0. The fourth-order valence-corrected chi connectivity index (χ4v) is 11.4. The van der Waals surface area contributed by atoms with Gasteiger partial charge in [-0.15, -0.1) is 11.3 Å². The third kappa shape index (κ3) is 4.42. The molecule has 0 bridgehead atoms. The van der Waals surface area contributed by atoms with E-state index in [0.29, 0.717) is 0 Å². The number of hydrogen-bond donors (Lipinski definition) is 0. The van der Waals surface area contributed by atoms with Gasteiger partial charge in [0.2, 0.25) is 0 Å². The van der Waals surface area contributed by atoms with Crippen LogP contribution >= 0.6 is 11.3 Å². The molecule has 58 heavy (non-hydrogen) atoms. The van der Waals surface area contributed by atoms with Crippen molar-refractivity contribution in [2.24, 2.45) is 0 Å². The molecule has 13 rings (SSSR count). The van der Waals surface area contributed by atoms with Gasteiger partial charge >= 0.3 is 0 Å². The molecular weight excluding hydrogens is 721 g/mol. The van der Waals surface area contributed by atoms with Gasteiger partial charge in [-0.25, -0.2) is 0 Å². The first-order chi connectivity index (χ1) is 28.8. The first-order valence-electron chi connectivity index (χ1n) is 20.1. The molecule has 0 atom stereocenters. The van der Waals surface area contributed by atoms with Crippen molar-refractivity contribution in [2.75, 3.05) is 0 Å². The van der Waals surface area contributed by atoms with Gasteiger partial charge in [-0.05, 0) is 87.8 Å². The predicted molar refractivity (Wildman–Crippen MR) is 247 cm³/mol. The number of hydrogen-bond acceptors (Lipinski definition) is 1. The van der Waals surface area contributed by atoms with E-state index in [1.807, 2.05) is 11.3 Å². The summed E-state index contributed by atoms with van der Waals surface area (Å²) in [6.07, 6.45) is 0.915. The fraction of sp³-hybridized carbons (Fsp3) is 0.0182. The molecule has 12 aromatic rings. The lowest BCUT2D eigenvalue weighted by Gasteiger charge is -2.15.